The summed E-state index contributed by atoms with van der Waals surface area (Å²) in [6, 6.07) is 0. The van der Waals surface area contributed by atoms with Crippen molar-refractivity contribution >= 4 is 15.9 Å². The maximum Gasteiger partial charge on any atom is 0.361 e. The van der Waals surface area contributed by atoms with Crippen molar-refractivity contribution in [3.63, 3.8) is 0 Å². The monoisotopic (exact) mass is 258 g/mol. The molecule has 0 aliphatic carbocycles. The summed E-state index contributed by atoms with van der Waals surface area (Å²) >= 11 is 3.23. The molecule has 8 heteroatoms. The number of aromatic nitrogens is 6. The molecule has 0 fully saturated rings. The lowest BCUT2D eigenvalue weighted by atomic mass is 10.6. The Labute approximate surface area is 86.9 Å². The van der Waals surface area contributed by atoms with Gasteiger partial charge >= 0.3 is 5.69 Å². The zero-order valence-corrected chi connectivity index (χ0v) is 8.68. The van der Waals surface area contributed by atoms with E-state index in [0.29, 0.717) is 13.1 Å². The third kappa shape index (κ3) is 1.90. The molecule has 2 aromatic heterocycles. The van der Waals surface area contributed by atoms with Crippen LogP contribution in [-0.4, -0.2) is 29.8 Å². The van der Waals surface area contributed by atoms with Gasteiger partial charge in [-0.05, 0) is 26.4 Å². The van der Waals surface area contributed by atoms with E-state index in [-0.39, 0.29) is 5.69 Å². The Kier molecular flexibility index (Phi) is 2.44. The van der Waals surface area contributed by atoms with Gasteiger partial charge in [0.05, 0.1) is 12.9 Å². The van der Waals surface area contributed by atoms with Crippen LogP contribution < -0.4 is 5.69 Å². The highest BCUT2D eigenvalue weighted by molar-refractivity contribution is 9.10. The number of halogens is 1. The number of rotatable bonds is 3. The summed E-state index contributed by atoms with van der Waals surface area (Å²) in [5, 5.41) is 9.19. The van der Waals surface area contributed by atoms with Gasteiger partial charge < -0.3 is 4.57 Å². The molecule has 0 saturated carbocycles. The molecule has 0 unspecified atom stereocenters. The van der Waals surface area contributed by atoms with Crippen LogP contribution in [0, 0.1) is 0 Å². The van der Waals surface area contributed by atoms with Crippen molar-refractivity contribution in [2.24, 2.45) is 0 Å². The minimum absolute atomic E-state index is 0.302. The van der Waals surface area contributed by atoms with Gasteiger partial charge in [0.15, 0.2) is 0 Å². The second kappa shape index (κ2) is 3.74. The van der Waals surface area contributed by atoms with E-state index in [2.05, 4.69) is 36.4 Å². The molecule has 7 nitrogen and oxygen atoms in total. The number of imidazole rings is 1. The van der Waals surface area contributed by atoms with Gasteiger partial charge in [-0.2, -0.15) is 4.68 Å². The van der Waals surface area contributed by atoms with E-state index in [9.17, 15) is 4.79 Å². The van der Waals surface area contributed by atoms with Crippen LogP contribution in [0.2, 0.25) is 0 Å². The van der Waals surface area contributed by atoms with Gasteiger partial charge in [0.25, 0.3) is 0 Å². The molecule has 14 heavy (non-hydrogen) atoms. The normalized spacial score (nSPS) is 10.6. The molecule has 1 N–H and O–H groups in total. The van der Waals surface area contributed by atoms with E-state index in [1.54, 1.807) is 6.33 Å². The Hall–Kier alpha value is -1.44. The maximum atomic E-state index is 11.0. The summed E-state index contributed by atoms with van der Waals surface area (Å²) in [4.78, 5) is 15.0. The van der Waals surface area contributed by atoms with Crippen molar-refractivity contribution in [2.45, 2.75) is 13.1 Å². The van der Waals surface area contributed by atoms with E-state index in [1.165, 1.54) is 4.68 Å². The zero-order valence-electron chi connectivity index (χ0n) is 7.09. The van der Waals surface area contributed by atoms with Crippen LogP contribution in [0.4, 0.5) is 0 Å². The van der Waals surface area contributed by atoms with Crippen molar-refractivity contribution in [1.82, 2.24) is 29.8 Å². The first-order chi connectivity index (χ1) is 6.75. The molecule has 0 aliphatic rings. The Morgan fingerprint density at radius 1 is 1.50 bits per heavy atom. The van der Waals surface area contributed by atoms with E-state index in [0.717, 1.165) is 4.60 Å². The number of hydrogen-bond acceptors (Lipinski definition) is 4. The number of hydrogen-bond donors (Lipinski definition) is 1. The highest BCUT2D eigenvalue weighted by atomic mass is 79.9. The molecule has 0 spiro atoms. The molecule has 0 saturated heterocycles. The molecule has 0 bridgehead atoms. The van der Waals surface area contributed by atoms with Crippen LogP contribution in [0.25, 0.3) is 0 Å². The summed E-state index contributed by atoms with van der Waals surface area (Å²) in [7, 11) is 0. The van der Waals surface area contributed by atoms with Crippen molar-refractivity contribution < 1.29 is 0 Å². The van der Waals surface area contributed by atoms with Crippen molar-refractivity contribution in [3.8, 4) is 0 Å². The highest BCUT2D eigenvalue weighted by Crippen LogP contribution is 2.03. The van der Waals surface area contributed by atoms with Crippen molar-refractivity contribution in [1.29, 1.82) is 0 Å². The topological polar surface area (TPSA) is 81.4 Å². The zero-order chi connectivity index (χ0) is 9.97. The highest BCUT2D eigenvalue weighted by Gasteiger charge is 1.99. The minimum atomic E-state index is -0.302. The average Bonchev–Trinajstić information content (AvgIpc) is 2.72. The van der Waals surface area contributed by atoms with Crippen LogP contribution in [0.3, 0.4) is 0 Å². The predicted molar refractivity (Wildman–Crippen MR) is 50.6 cm³/mol. The maximum absolute atomic E-state index is 11.0. The van der Waals surface area contributed by atoms with Crippen LogP contribution >= 0.6 is 15.9 Å². The Balaban J connectivity index is 2.01. The second-order valence-electron chi connectivity index (χ2n) is 2.66. The molecule has 0 atom stereocenters. The summed E-state index contributed by atoms with van der Waals surface area (Å²) < 4.78 is 3.88. The first-order valence-electron chi connectivity index (χ1n) is 3.91. The second-order valence-corrected chi connectivity index (χ2v) is 3.48. The summed E-state index contributed by atoms with van der Waals surface area (Å²) in [6.07, 6.45) is 3.50. The summed E-state index contributed by atoms with van der Waals surface area (Å²) in [6.45, 7) is 1.10. The van der Waals surface area contributed by atoms with Gasteiger partial charge in [-0.15, -0.1) is 0 Å². The number of aromatic amines is 1. The number of H-pyrrole nitrogens is 1. The average molecular weight is 259 g/mol. The largest absolute Gasteiger partial charge is 0.361 e. The van der Waals surface area contributed by atoms with Crippen LogP contribution in [-0.2, 0) is 13.1 Å². The van der Waals surface area contributed by atoms with E-state index in [1.807, 2.05) is 10.8 Å². The molecule has 0 aromatic carbocycles. The van der Waals surface area contributed by atoms with E-state index >= 15 is 0 Å². The number of nitrogens with one attached hydrogen (secondary N) is 1. The van der Waals surface area contributed by atoms with Gasteiger partial charge in [-0.25, -0.2) is 14.9 Å². The van der Waals surface area contributed by atoms with Crippen molar-refractivity contribution in [3.05, 3.63) is 27.6 Å². The first kappa shape index (κ1) is 9.13. The smallest absolute Gasteiger partial charge is 0.334 e. The lowest BCUT2D eigenvalue weighted by molar-refractivity contribution is 0.508. The summed E-state index contributed by atoms with van der Waals surface area (Å²) in [5.41, 5.74) is -0.302. The fraction of sp³-hybridized carbons (Fsp3) is 0.333. The van der Waals surface area contributed by atoms with Gasteiger partial charge in [0.1, 0.15) is 4.60 Å². The molecule has 2 aromatic rings. The Morgan fingerprint density at radius 3 is 2.93 bits per heavy atom. The third-order valence-electron chi connectivity index (χ3n) is 1.70. The molecule has 2 heterocycles. The lowest BCUT2D eigenvalue weighted by Gasteiger charge is -1.98. The fourth-order valence-electron chi connectivity index (χ4n) is 1.03. The predicted octanol–water partition coefficient (Wildman–Crippen LogP) is -0.374. The quantitative estimate of drug-likeness (QED) is 0.815. The molecular weight excluding hydrogens is 252 g/mol. The van der Waals surface area contributed by atoms with Crippen LogP contribution in [0.15, 0.2) is 21.9 Å². The third-order valence-corrected chi connectivity index (χ3v) is 2.11. The fourth-order valence-corrected chi connectivity index (χ4v) is 1.38. The molecule has 74 valence electrons. The molecular formula is C6H7BrN6O. The Morgan fingerprint density at radius 2 is 2.36 bits per heavy atom. The number of nitrogens with zero attached hydrogens (tertiary/aromatic N) is 5. The van der Waals surface area contributed by atoms with Crippen LogP contribution in [0.5, 0.6) is 0 Å². The SMILES string of the molecule is O=c1[nH]nnn1CCn1cnc(Br)c1. The molecule has 0 radical (unpaired) electrons. The van der Waals surface area contributed by atoms with Gasteiger partial charge in [-0.3, -0.25) is 0 Å². The lowest BCUT2D eigenvalue weighted by Crippen LogP contribution is -2.20. The first-order valence-corrected chi connectivity index (χ1v) is 4.70. The van der Waals surface area contributed by atoms with E-state index < -0.39 is 0 Å². The van der Waals surface area contributed by atoms with Gasteiger partial charge in [-0.1, -0.05) is 0 Å². The standard InChI is InChI=1S/C6H7BrN6O/c7-5-3-12(4-8-5)1-2-13-6(14)9-10-11-13/h3-4H,1-2H2,(H,9,11,14). The molecule has 0 amide bonds. The molecule has 0 aliphatic heterocycles. The van der Waals surface area contributed by atoms with Crippen LogP contribution in [0.1, 0.15) is 0 Å². The van der Waals surface area contributed by atoms with Gasteiger partial charge in [0.2, 0.25) is 0 Å². The number of tetrazole rings is 1. The summed E-state index contributed by atoms with van der Waals surface area (Å²) in [5.74, 6) is 0. The molecule has 2 rings (SSSR count). The minimum Gasteiger partial charge on any atom is -0.334 e. The Bertz CT molecular complexity index is 470. The number of aryl methyl sites for hydroxylation is 2. The van der Waals surface area contributed by atoms with Gasteiger partial charge in [0, 0.05) is 12.7 Å². The van der Waals surface area contributed by atoms with Crippen molar-refractivity contribution in [2.75, 3.05) is 0 Å². The van der Waals surface area contributed by atoms with E-state index in [4.69, 9.17) is 0 Å².